The van der Waals surface area contributed by atoms with Crippen molar-refractivity contribution in [2.24, 2.45) is 0 Å². The number of benzene rings is 2. The number of anilines is 2. The second-order valence-electron chi connectivity index (χ2n) is 8.14. The molecule has 2 rings (SSSR count). The van der Waals surface area contributed by atoms with Gasteiger partial charge in [0, 0.05) is 35.9 Å². The van der Waals surface area contributed by atoms with E-state index in [4.69, 9.17) is 0 Å². The molecule has 2 aromatic rings. The minimum atomic E-state index is -0.109. The van der Waals surface area contributed by atoms with Crippen molar-refractivity contribution < 1.29 is 9.59 Å². The fraction of sp³-hybridized carbons (Fsp3) is 0.500. The summed E-state index contributed by atoms with van der Waals surface area (Å²) in [6.45, 7) is 13.6. The summed E-state index contributed by atoms with van der Waals surface area (Å²) in [5.41, 5.74) is 1.48. The van der Waals surface area contributed by atoms with Crippen molar-refractivity contribution in [1.29, 1.82) is 0 Å². The van der Waals surface area contributed by atoms with Crippen LogP contribution in [0.3, 0.4) is 0 Å². The van der Waals surface area contributed by atoms with Crippen LogP contribution in [0.15, 0.2) is 36.4 Å². The van der Waals surface area contributed by atoms with Crippen LogP contribution in [0.1, 0.15) is 54.4 Å². The van der Waals surface area contributed by atoms with Gasteiger partial charge in [-0.15, -0.1) is 0 Å². The summed E-state index contributed by atoms with van der Waals surface area (Å²) in [6, 6.07) is 11.6. The molecule has 0 radical (unpaired) electrons. The molecule has 2 N–H and O–H groups in total. The highest BCUT2D eigenvalue weighted by molar-refractivity contribution is 6.08. The Kier molecular flexibility index (Phi) is 8.51. The Morgan fingerprint density at radius 2 is 1.10 bits per heavy atom. The van der Waals surface area contributed by atoms with Crippen molar-refractivity contribution in [3.63, 3.8) is 0 Å². The van der Waals surface area contributed by atoms with Gasteiger partial charge in [0.05, 0.1) is 11.4 Å². The molecule has 0 unspecified atom stereocenters. The summed E-state index contributed by atoms with van der Waals surface area (Å²) >= 11 is 0. The summed E-state index contributed by atoms with van der Waals surface area (Å²) in [6.07, 6.45) is 1.81. The first kappa shape index (κ1) is 23.5. The van der Waals surface area contributed by atoms with Crippen LogP contribution in [0.4, 0.5) is 21.0 Å². The second-order valence-corrected chi connectivity index (χ2v) is 8.14. The van der Waals surface area contributed by atoms with E-state index in [1.807, 2.05) is 73.9 Å². The normalized spacial score (nSPS) is 11.1. The third-order valence-electron chi connectivity index (χ3n) is 5.10. The molecule has 0 spiro atoms. The third-order valence-corrected chi connectivity index (χ3v) is 5.10. The monoisotopic (exact) mass is 412 g/mol. The van der Waals surface area contributed by atoms with E-state index in [0.29, 0.717) is 13.1 Å². The minimum absolute atomic E-state index is 0.109. The Labute approximate surface area is 180 Å². The molecular weight excluding hydrogens is 376 g/mol. The van der Waals surface area contributed by atoms with Crippen LogP contribution in [0, 0.1) is 0 Å². The van der Waals surface area contributed by atoms with Gasteiger partial charge in [-0.1, -0.05) is 38.1 Å². The van der Waals surface area contributed by atoms with E-state index in [9.17, 15) is 9.59 Å². The molecule has 0 aliphatic carbocycles. The van der Waals surface area contributed by atoms with Gasteiger partial charge in [0.25, 0.3) is 0 Å². The number of amides is 4. The average Bonchev–Trinajstić information content (AvgIpc) is 2.70. The SMILES string of the molecule is CCCN(C(=O)Nc1cccc2c(NC(=O)N(CCC)C(C)C)cccc12)C(C)C. The van der Waals surface area contributed by atoms with Crippen molar-refractivity contribution in [2.45, 2.75) is 66.5 Å². The number of urea groups is 2. The van der Waals surface area contributed by atoms with Gasteiger partial charge < -0.3 is 20.4 Å². The van der Waals surface area contributed by atoms with E-state index >= 15 is 0 Å². The quantitative estimate of drug-likeness (QED) is 0.546. The van der Waals surface area contributed by atoms with Gasteiger partial charge in [-0.2, -0.15) is 0 Å². The Hall–Kier alpha value is -2.76. The maximum Gasteiger partial charge on any atom is 0.322 e. The van der Waals surface area contributed by atoms with Gasteiger partial charge in [0.1, 0.15) is 0 Å². The molecule has 0 heterocycles. The molecule has 0 atom stereocenters. The molecule has 0 fully saturated rings. The lowest BCUT2D eigenvalue weighted by atomic mass is 10.1. The average molecular weight is 413 g/mol. The number of rotatable bonds is 8. The van der Waals surface area contributed by atoms with Crippen LogP contribution in [0.2, 0.25) is 0 Å². The molecule has 0 saturated heterocycles. The zero-order valence-corrected chi connectivity index (χ0v) is 19.2. The van der Waals surface area contributed by atoms with Gasteiger partial charge in [0.2, 0.25) is 0 Å². The lowest BCUT2D eigenvalue weighted by Crippen LogP contribution is -2.40. The van der Waals surface area contributed by atoms with Crippen molar-refractivity contribution >= 4 is 34.2 Å². The van der Waals surface area contributed by atoms with Crippen molar-refractivity contribution in [3.8, 4) is 0 Å². The number of carbonyl (C=O) groups excluding carboxylic acids is 2. The highest BCUT2D eigenvalue weighted by atomic mass is 16.2. The van der Waals surface area contributed by atoms with Crippen LogP contribution < -0.4 is 10.6 Å². The summed E-state index contributed by atoms with van der Waals surface area (Å²) in [5, 5.41) is 7.91. The highest BCUT2D eigenvalue weighted by Gasteiger charge is 2.19. The zero-order chi connectivity index (χ0) is 22.3. The van der Waals surface area contributed by atoms with Crippen LogP contribution in [-0.2, 0) is 0 Å². The molecule has 0 aliphatic heterocycles. The van der Waals surface area contributed by atoms with Gasteiger partial charge in [-0.05, 0) is 52.7 Å². The summed E-state index contributed by atoms with van der Waals surface area (Å²) < 4.78 is 0. The molecule has 0 saturated carbocycles. The van der Waals surface area contributed by atoms with E-state index in [1.165, 1.54) is 0 Å². The van der Waals surface area contributed by atoms with Crippen LogP contribution in [0.25, 0.3) is 10.8 Å². The molecule has 0 aliphatic rings. The Morgan fingerprint density at radius 1 is 0.733 bits per heavy atom. The van der Waals surface area contributed by atoms with E-state index in [2.05, 4.69) is 24.5 Å². The first-order valence-corrected chi connectivity index (χ1v) is 11.0. The predicted molar refractivity (Wildman–Crippen MR) is 126 cm³/mol. The number of carbonyl (C=O) groups is 2. The summed E-state index contributed by atoms with van der Waals surface area (Å²) in [4.78, 5) is 29.3. The maximum atomic E-state index is 12.8. The van der Waals surface area contributed by atoms with Gasteiger partial charge in [0.15, 0.2) is 0 Å². The Balaban J connectivity index is 2.32. The van der Waals surface area contributed by atoms with Gasteiger partial charge in [-0.25, -0.2) is 9.59 Å². The molecule has 0 bridgehead atoms. The van der Waals surface area contributed by atoms with Crippen molar-refractivity contribution in [2.75, 3.05) is 23.7 Å². The lowest BCUT2D eigenvalue weighted by Gasteiger charge is -2.27. The summed E-state index contributed by atoms with van der Waals surface area (Å²) in [7, 11) is 0. The molecular formula is C24H36N4O2. The number of fused-ring (bicyclic) bond motifs is 1. The summed E-state index contributed by atoms with van der Waals surface area (Å²) in [5.74, 6) is 0. The van der Waals surface area contributed by atoms with Crippen LogP contribution >= 0.6 is 0 Å². The Bertz CT molecular complexity index is 792. The smallest absolute Gasteiger partial charge is 0.322 e. The highest BCUT2D eigenvalue weighted by Crippen LogP contribution is 2.30. The third kappa shape index (κ3) is 5.65. The minimum Gasteiger partial charge on any atom is -0.322 e. The standard InChI is InChI=1S/C24H36N4O2/c1-7-15-27(17(3)4)23(29)25-21-13-9-12-20-19(21)11-10-14-22(20)26-24(30)28(16-8-2)18(5)6/h9-14,17-18H,7-8,15-16H2,1-6H3,(H,25,29)(H,26,30). The molecule has 4 amide bonds. The number of hydrogen-bond acceptors (Lipinski definition) is 2. The molecule has 30 heavy (non-hydrogen) atoms. The first-order valence-electron chi connectivity index (χ1n) is 11.0. The topological polar surface area (TPSA) is 64.7 Å². The predicted octanol–water partition coefficient (Wildman–Crippen LogP) is 6.14. The van der Waals surface area contributed by atoms with E-state index in [0.717, 1.165) is 35.0 Å². The largest absolute Gasteiger partial charge is 0.322 e. The molecule has 164 valence electrons. The van der Waals surface area contributed by atoms with Crippen LogP contribution in [0.5, 0.6) is 0 Å². The number of nitrogens with zero attached hydrogens (tertiary/aromatic N) is 2. The fourth-order valence-electron chi connectivity index (χ4n) is 3.57. The fourth-order valence-corrected chi connectivity index (χ4v) is 3.57. The molecule has 6 heteroatoms. The Morgan fingerprint density at radius 3 is 1.40 bits per heavy atom. The molecule has 6 nitrogen and oxygen atoms in total. The maximum absolute atomic E-state index is 12.8. The lowest BCUT2D eigenvalue weighted by molar-refractivity contribution is 0.196. The molecule has 2 aromatic carbocycles. The van der Waals surface area contributed by atoms with E-state index < -0.39 is 0 Å². The van der Waals surface area contributed by atoms with Crippen molar-refractivity contribution in [3.05, 3.63) is 36.4 Å². The van der Waals surface area contributed by atoms with Gasteiger partial charge >= 0.3 is 12.1 Å². The van der Waals surface area contributed by atoms with E-state index in [-0.39, 0.29) is 24.1 Å². The van der Waals surface area contributed by atoms with E-state index in [1.54, 1.807) is 0 Å². The first-order chi connectivity index (χ1) is 14.3. The van der Waals surface area contributed by atoms with Crippen LogP contribution in [-0.4, -0.2) is 47.0 Å². The number of hydrogen-bond donors (Lipinski definition) is 2. The van der Waals surface area contributed by atoms with Crippen molar-refractivity contribution in [1.82, 2.24) is 9.80 Å². The second kappa shape index (κ2) is 10.9. The number of nitrogens with one attached hydrogen (secondary N) is 2. The molecule has 0 aromatic heterocycles. The zero-order valence-electron chi connectivity index (χ0n) is 19.2. The van der Waals surface area contributed by atoms with Gasteiger partial charge in [-0.3, -0.25) is 0 Å².